The van der Waals surface area contributed by atoms with Crippen LogP contribution in [-0.4, -0.2) is 27.9 Å². The quantitative estimate of drug-likeness (QED) is 0.709. The molecule has 0 heterocycles. The number of hydrogen-bond acceptors (Lipinski definition) is 4. The Morgan fingerprint density at radius 2 is 1.79 bits per heavy atom. The summed E-state index contributed by atoms with van der Waals surface area (Å²) in [7, 11) is -2.07. The number of amides is 1. The molecule has 0 saturated heterocycles. The van der Waals surface area contributed by atoms with Crippen LogP contribution in [0.3, 0.4) is 0 Å². The maximum atomic E-state index is 11.5. The number of nitrogens with one attached hydrogen (secondary N) is 2. The molecule has 0 spiro atoms. The largest absolute Gasteiger partial charge is 0.384 e. The molecule has 0 fully saturated rings. The number of sulfonamides is 1. The van der Waals surface area contributed by atoms with Crippen LogP contribution in [0.15, 0.2) is 29.2 Å². The molecule has 0 atom stereocenters. The van der Waals surface area contributed by atoms with Gasteiger partial charge < -0.3 is 11.1 Å². The van der Waals surface area contributed by atoms with E-state index in [1.54, 1.807) is 26.0 Å². The van der Waals surface area contributed by atoms with Crippen LogP contribution in [0.25, 0.3) is 0 Å². The maximum Gasteiger partial charge on any atom is 0.240 e. The van der Waals surface area contributed by atoms with Crippen molar-refractivity contribution in [1.82, 2.24) is 4.72 Å². The summed E-state index contributed by atoms with van der Waals surface area (Å²) in [6, 6.07) is 6.26. The monoisotopic (exact) mass is 285 g/mol. The Kier molecular flexibility index (Phi) is 4.54. The van der Waals surface area contributed by atoms with Gasteiger partial charge >= 0.3 is 0 Å². The third-order valence-corrected chi connectivity index (χ3v) is 4.27. The van der Waals surface area contributed by atoms with Crippen molar-refractivity contribution in [1.29, 1.82) is 0 Å². The second-order valence-electron chi connectivity index (χ2n) is 4.83. The highest BCUT2D eigenvalue weighted by Gasteiger charge is 2.24. The van der Waals surface area contributed by atoms with Gasteiger partial charge in [-0.25, -0.2) is 13.1 Å². The van der Waals surface area contributed by atoms with Gasteiger partial charge in [-0.2, -0.15) is 0 Å². The fourth-order valence-corrected chi connectivity index (χ4v) is 2.01. The number of carbonyl (C=O) groups is 1. The summed E-state index contributed by atoms with van der Waals surface area (Å²) < 4.78 is 25.3. The predicted octanol–water partition coefficient (Wildman–Crippen LogP) is 0.518. The van der Waals surface area contributed by atoms with Gasteiger partial charge in [-0.05, 0) is 45.2 Å². The Hall–Kier alpha value is -1.60. The number of carbonyl (C=O) groups excluding carboxylic acids is 1. The molecule has 0 bridgehead atoms. The lowest BCUT2D eigenvalue weighted by molar-refractivity contribution is -0.125. The van der Waals surface area contributed by atoms with Crippen LogP contribution < -0.4 is 15.8 Å². The SMILES string of the molecule is CNS(=O)(=O)c1ccc(NCC(C)(C)C(N)=O)cc1. The molecule has 1 rings (SSSR count). The average molecular weight is 285 g/mol. The van der Waals surface area contributed by atoms with E-state index < -0.39 is 21.3 Å². The summed E-state index contributed by atoms with van der Waals surface area (Å²) >= 11 is 0. The van der Waals surface area contributed by atoms with Gasteiger partial charge in [0.25, 0.3) is 0 Å². The number of hydrogen-bond donors (Lipinski definition) is 3. The molecule has 1 aromatic rings. The van der Waals surface area contributed by atoms with Crippen molar-refractivity contribution < 1.29 is 13.2 Å². The zero-order valence-electron chi connectivity index (χ0n) is 11.2. The fraction of sp³-hybridized carbons (Fsp3) is 0.417. The molecule has 106 valence electrons. The summed E-state index contributed by atoms with van der Waals surface area (Å²) in [4.78, 5) is 11.4. The highest BCUT2D eigenvalue weighted by Crippen LogP contribution is 2.18. The van der Waals surface area contributed by atoms with E-state index in [-0.39, 0.29) is 4.90 Å². The molecule has 0 aliphatic carbocycles. The summed E-state index contributed by atoms with van der Waals surface area (Å²) in [5, 5.41) is 3.05. The van der Waals surface area contributed by atoms with Crippen LogP contribution in [0.2, 0.25) is 0 Å². The second kappa shape index (κ2) is 5.58. The van der Waals surface area contributed by atoms with Crippen LogP contribution >= 0.6 is 0 Å². The van der Waals surface area contributed by atoms with Crippen LogP contribution in [0.5, 0.6) is 0 Å². The molecule has 0 unspecified atom stereocenters. The normalized spacial score (nSPS) is 12.2. The zero-order valence-corrected chi connectivity index (χ0v) is 12.0. The summed E-state index contributed by atoms with van der Waals surface area (Å²) in [5.74, 6) is -0.394. The molecular weight excluding hydrogens is 266 g/mol. The van der Waals surface area contributed by atoms with Crippen molar-refractivity contribution in [2.24, 2.45) is 11.1 Å². The molecule has 1 amide bonds. The van der Waals surface area contributed by atoms with Gasteiger partial charge in [-0.3, -0.25) is 4.79 Å². The smallest absolute Gasteiger partial charge is 0.240 e. The van der Waals surface area contributed by atoms with E-state index in [1.807, 2.05) is 0 Å². The average Bonchev–Trinajstić information content (AvgIpc) is 2.37. The van der Waals surface area contributed by atoms with E-state index in [4.69, 9.17) is 5.73 Å². The maximum absolute atomic E-state index is 11.5. The molecular formula is C12H19N3O3S. The molecule has 1 aromatic carbocycles. The van der Waals surface area contributed by atoms with Gasteiger partial charge in [-0.1, -0.05) is 0 Å². The molecule has 0 saturated carbocycles. The predicted molar refractivity (Wildman–Crippen MR) is 74.2 cm³/mol. The lowest BCUT2D eigenvalue weighted by atomic mass is 9.93. The van der Waals surface area contributed by atoms with Crippen molar-refractivity contribution in [3.05, 3.63) is 24.3 Å². The first-order valence-corrected chi connectivity index (χ1v) is 7.25. The Morgan fingerprint density at radius 3 is 2.21 bits per heavy atom. The van der Waals surface area contributed by atoms with E-state index >= 15 is 0 Å². The molecule has 0 radical (unpaired) electrons. The van der Waals surface area contributed by atoms with Gasteiger partial charge in [0.1, 0.15) is 0 Å². The van der Waals surface area contributed by atoms with E-state index in [0.29, 0.717) is 6.54 Å². The van der Waals surface area contributed by atoms with Gasteiger partial charge in [0, 0.05) is 12.2 Å². The van der Waals surface area contributed by atoms with Crippen molar-refractivity contribution in [2.45, 2.75) is 18.7 Å². The highest BCUT2D eigenvalue weighted by atomic mass is 32.2. The lowest BCUT2D eigenvalue weighted by Gasteiger charge is -2.21. The zero-order chi connectivity index (χ0) is 14.7. The second-order valence-corrected chi connectivity index (χ2v) is 6.72. The standard InChI is InChI=1S/C12H19N3O3S/c1-12(2,11(13)16)8-15-9-4-6-10(7-5-9)19(17,18)14-3/h4-7,14-15H,8H2,1-3H3,(H2,13,16). The van der Waals surface area contributed by atoms with Gasteiger partial charge in [-0.15, -0.1) is 0 Å². The minimum atomic E-state index is -3.42. The topological polar surface area (TPSA) is 101 Å². The molecule has 0 aliphatic heterocycles. The number of anilines is 1. The Balaban J connectivity index is 2.77. The summed E-state index contributed by atoms with van der Waals surface area (Å²) in [6.45, 7) is 3.85. The fourth-order valence-electron chi connectivity index (χ4n) is 1.28. The van der Waals surface area contributed by atoms with Crippen molar-refractivity contribution >= 4 is 21.6 Å². The van der Waals surface area contributed by atoms with Gasteiger partial charge in [0.15, 0.2) is 0 Å². The van der Waals surface area contributed by atoms with Crippen molar-refractivity contribution in [3.8, 4) is 0 Å². The van der Waals surface area contributed by atoms with E-state index in [0.717, 1.165) is 5.69 Å². The summed E-state index contributed by atoms with van der Waals surface area (Å²) in [5.41, 5.74) is 5.32. The molecule has 0 aliphatic rings. The first-order valence-electron chi connectivity index (χ1n) is 5.76. The Bertz CT molecular complexity index is 550. The van der Waals surface area contributed by atoms with Crippen molar-refractivity contribution in [3.63, 3.8) is 0 Å². The van der Waals surface area contributed by atoms with Crippen LogP contribution in [0, 0.1) is 5.41 Å². The molecule has 6 nitrogen and oxygen atoms in total. The Morgan fingerprint density at radius 1 is 1.26 bits per heavy atom. The van der Waals surface area contributed by atoms with Crippen LogP contribution in [-0.2, 0) is 14.8 Å². The first-order chi connectivity index (χ1) is 8.69. The van der Waals surface area contributed by atoms with E-state index in [9.17, 15) is 13.2 Å². The van der Waals surface area contributed by atoms with Crippen LogP contribution in [0.4, 0.5) is 5.69 Å². The molecule has 4 N–H and O–H groups in total. The number of nitrogens with two attached hydrogens (primary N) is 1. The number of rotatable bonds is 6. The van der Waals surface area contributed by atoms with Gasteiger partial charge in [0.2, 0.25) is 15.9 Å². The summed E-state index contributed by atoms with van der Waals surface area (Å²) in [6.07, 6.45) is 0. The number of primary amides is 1. The minimum absolute atomic E-state index is 0.190. The van der Waals surface area contributed by atoms with Gasteiger partial charge in [0.05, 0.1) is 10.3 Å². The van der Waals surface area contributed by atoms with Crippen LogP contribution in [0.1, 0.15) is 13.8 Å². The van der Waals surface area contributed by atoms with Crippen molar-refractivity contribution in [2.75, 3.05) is 18.9 Å². The Labute approximate surface area is 113 Å². The highest BCUT2D eigenvalue weighted by molar-refractivity contribution is 7.89. The third kappa shape index (κ3) is 3.93. The van der Waals surface area contributed by atoms with E-state index in [1.165, 1.54) is 19.2 Å². The molecule has 0 aromatic heterocycles. The molecule has 7 heteroatoms. The lowest BCUT2D eigenvalue weighted by Crippen LogP contribution is -2.37. The third-order valence-electron chi connectivity index (χ3n) is 2.83. The molecule has 19 heavy (non-hydrogen) atoms. The first kappa shape index (κ1) is 15.5. The number of benzene rings is 1. The minimum Gasteiger partial charge on any atom is -0.384 e. The van der Waals surface area contributed by atoms with E-state index in [2.05, 4.69) is 10.0 Å².